The molecule has 4 N–H and O–H groups in total. The number of nitroso groups, excluding NO2 is 1. The largest absolute Gasteiger partial charge is 0.445 e. The van der Waals surface area contributed by atoms with Crippen molar-refractivity contribution in [2.45, 2.75) is 56.7 Å². The Morgan fingerprint density at radius 3 is 2.43 bits per heavy atom. The molecule has 11 nitrogen and oxygen atoms in total. The lowest BCUT2D eigenvalue weighted by molar-refractivity contribution is -0.0101. The van der Waals surface area contributed by atoms with Crippen LogP contribution in [0.25, 0.3) is 0 Å². The number of nitrogens with zero attached hydrogens (tertiary/aromatic N) is 4. The molecule has 5 rings (SSSR count). The number of hydrogen-bond donors (Lipinski definition) is 4. The lowest BCUT2D eigenvalue weighted by Crippen LogP contribution is -2.51. The topological polar surface area (TPSA) is 130 Å². The number of nitrogens with one attached hydrogen (secondary N) is 2. The molecule has 2 aromatic carbocycles. The molecule has 0 aliphatic carbocycles. The number of amides is 1. The summed E-state index contributed by atoms with van der Waals surface area (Å²) in [6.45, 7) is 4.63. The number of piperidine rings is 2. The number of carbonyl (C=O) groups excluding carboxylic acids is 1. The van der Waals surface area contributed by atoms with E-state index in [0.717, 1.165) is 5.56 Å². The van der Waals surface area contributed by atoms with Gasteiger partial charge in [0.2, 0.25) is 0 Å². The molecule has 4 atom stereocenters. The zero-order valence-electron chi connectivity index (χ0n) is 23.8. The Labute approximate surface area is 245 Å². The van der Waals surface area contributed by atoms with Gasteiger partial charge in [-0.3, -0.25) is 15.2 Å². The van der Waals surface area contributed by atoms with E-state index in [-0.39, 0.29) is 23.8 Å². The van der Waals surface area contributed by atoms with Crippen molar-refractivity contribution < 1.29 is 24.1 Å². The van der Waals surface area contributed by atoms with E-state index < -0.39 is 18.5 Å². The van der Waals surface area contributed by atoms with Gasteiger partial charge in [-0.15, -0.1) is 4.91 Å². The first-order valence-electron chi connectivity index (χ1n) is 14.8. The molecular formula is C30H41FN6O5. The first-order chi connectivity index (χ1) is 20.4. The summed E-state index contributed by atoms with van der Waals surface area (Å²) in [7, 11) is 0. The minimum atomic E-state index is -0.917. The molecular weight excluding hydrogens is 543 g/mol. The quantitative estimate of drug-likeness (QED) is 0.329. The van der Waals surface area contributed by atoms with E-state index in [4.69, 9.17) is 4.74 Å². The van der Waals surface area contributed by atoms with Crippen molar-refractivity contribution in [3.05, 3.63) is 70.4 Å². The van der Waals surface area contributed by atoms with Gasteiger partial charge in [0.05, 0.1) is 11.0 Å². The number of benzene rings is 2. The van der Waals surface area contributed by atoms with Crippen molar-refractivity contribution in [1.82, 2.24) is 20.5 Å². The van der Waals surface area contributed by atoms with Crippen LogP contribution in [0.4, 0.5) is 14.9 Å². The fraction of sp³-hybridized carbons (Fsp3) is 0.567. The molecule has 0 radical (unpaired) electrons. The Balaban J connectivity index is 1.16. The van der Waals surface area contributed by atoms with Crippen LogP contribution in [0.3, 0.4) is 0 Å². The maximum atomic E-state index is 15.2. The van der Waals surface area contributed by atoms with E-state index >= 15 is 4.39 Å². The van der Waals surface area contributed by atoms with Crippen LogP contribution in [-0.2, 0) is 11.3 Å². The van der Waals surface area contributed by atoms with E-state index in [9.17, 15) is 19.9 Å². The Morgan fingerprint density at radius 1 is 1.02 bits per heavy atom. The summed E-state index contributed by atoms with van der Waals surface area (Å²) in [4.78, 5) is 28.0. The van der Waals surface area contributed by atoms with E-state index in [1.165, 1.54) is 11.1 Å². The summed E-state index contributed by atoms with van der Waals surface area (Å²) in [5, 5.41) is 30.1. The molecule has 0 saturated carbocycles. The number of hydrogen-bond acceptors (Lipinski definition) is 9. The molecule has 0 spiro atoms. The monoisotopic (exact) mass is 584 g/mol. The number of aliphatic hydroxyl groups is 2. The van der Waals surface area contributed by atoms with Crippen molar-refractivity contribution in [2.24, 2.45) is 11.2 Å². The Hall–Kier alpha value is -3.32. The Kier molecular flexibility index (Phi) is 10.2. The SMILES string of the molecule is O=NN1CCC(C(CN2CCN(c3ccc(C4CCC(O)NC4O)cc3F)CC2)OC(=O)NCc2ccccc2)CC1. The van der Waals surface area contributed by atoms with E-state index in [1.807, 2.05) is 41.3 Å². The fourth-order valence-electron chi connectivity index (χ4n) is 6.25. The first kappa shape index (κ1) is 30.1. The number of anilines is 1. The van der Waals surface area contributed by atoms with Gasteiger partial charge in [0.25, 0.3) is 0 Å². The van der Waals surface area contributed by atoms with Crippen molar-refractivity contribution in [2.75, 3.05) is 50.7 Å². The van der Waals surface area contributed by atoms with Crippen LogP contribution in [-0.4, -0.2) is 90.6 Å². The summed E-state index contributed by atoms with van der Waals surface area (Å²) < 4.78 is 21.2. The molecule has 12 heteroatoms. The second-order valence-corrected chi connectivity index (χ2v) is 11.5. The van der Waals surface area contributed by atoms with Gasteiger partial charge in [-0.05, 0) is 48.9 Å². The molecule has 42 heavy (non-hydrogen) atoms. The van der Waals surface area contributed by atoms with E-state index in [0.29, 0.717) is 89.3 Å². The molecule has 228 valence electrons. The third-order valence-electron chi connectivity index (χ3n) is 8.74. The third kappa shape index (κ3) is 7.74. The van der Waals surface area contributed by atoms with Crippen molar-refractivity contribution in [3.8, 4) is 0 Å². The average molecular weight is 585 g/mol. The predicted molar refractivity (Wildman–Crippen MR) is 156 cm³/mol. The molecule has 0 aromatic heterocycles. The predicted octanol–water partition coefficient (Wildman–Crippen LogP) is 2.74. The van der Waals surface area contributed by atoms with E-state index in [2.05, 4.69) is 20.8 Å². The van der Waals surface area contributed by atoms with Crippen LogP contribution >= 0.6 is 0 Å². The molecule has 2 aromatic rings. The van der Waals surface area contributed by atoms with Crippen LogP contribution < -0.4 is 15.5 Å². The van der Waals surface area contributed by atoms with Gasteiger partial charge in [-0.1, -0.05) is 36.4 Å². The fourth-order valence-corrected chi connectivity index (χ4v) is 6.25. The number of carbonyl (C=O) groups is 1. The summed E-state index contributed by atoms with van der Waals surface area (Å²) in [5.74, 6) is -0.491. The third-order valence-corrected chi connectivity index (χ3v) is 8.74. The van der Waals surface area contributed by atoms with Crippen LogP contribution in [0, 0.1) is 16.6 Å². The smallest absolute Gasteiger partial charge is 0.407 e. The normalized spacial score (nSPS) is 24.7. The van der Waals surface area contributed by atoms with Gasteiger partial charge in [-0.2, -0.15) is 0 Å². The van der Waals surface area contributed by atoms with Gasteiger partial charge >= 0.3 is 6.09 Å². The summed E-state index contributed by atoms with van der Waals surface area (Å²) in [5.41, 5.74) is 2.22. The summed E-state index contributed by atoms with van der Waals surface area (Å²) >= 11 is 0. The van der Waals surface area contributed by atoms with E-state index in [1.54, 1.807) is 6.07 Å². The zero-order chi connectivity index (χ0) is 29.5. The number of ether oxygens (including phenoxy) is 1. The Morgan fingerprint density at radius 2 is 1.76 bits per heavy atom. The molecule has 3 aliphatic rings. The Bertz CT molecular complexity index is 1180. The number of rotatable bonds is 9. The standard InChI is InChI=1S/C30H41FN6O5/c31-25-18-23(24-7-9-28(38)33-29(24)39)6-8-26(25)36-16-14-35(15-17-36)20-27(22-10-12-37(34-41)13-11-22)42-30(40)32-19-21-4-2-1-3-5-21/h1-6,8,18,22,24,27-29,33,38-39H,7,9-17,19-20H2,(H,32,40). The molecule has 1 amide bonds. The van der Waals surface area contributed by atoms with Gasteiger partial charge < -0.3 is 25.2 Å². The zero-order valence-corrected chi connectivity index (χ0v) is 23.8. The van der Waals surface area contributed by atoms with Gasteiger partial charge in [0, 0.05) is 64.2 Å². The molecule has 3 saturated heterocycles. The number of aliphatic hydroxyl groups excluding tert-OH is 2. The average Bonchev–Trinajstić information content (AvgIpc) is 3.01. The van der Waals surface area contributed by atoms with Gasteiger partial charge in [0.1, 0.15) is 24.4 Å². The van der Waals surface area contributed by atoms with Crippen LogP contribution in [0.1, 0.15) is 42.7 Å². The number of halogens is 1. The highest BCUT2D eigenvalue weighted by molar-refractivity contribution is 5.67. The van der Waals surface area contributed by atoms with Gasteiger partial charge in [-0.25, -0.2) is 9.18 Å². The number of alkyl carbamates (subject to hydrolysis) is 1. The van der Waals surface area contributed by atoms with Crippen LogP contribution in [0.2, 0.25) is 0 Å². The summed E-state index contributed by atoms with van der Waals surface area (Å²) in [6, 6.07) is 14.8. The maximum Gasteiger partial charge on any atom is 0.407 e. The second-order valence-electron chi connectivity index (χ2n) is 11.5. The van der Waals surface area contributed by atoms with Gasteiger partial charge in [0.15, 0.2) is 0 Å². The van der Waals surface area contributed by atoms with Crippen molar-refractivity contribution in [3.63, 3.8) is 0 Å². The lowest BCUT2D eigenvalue weighted by atomic mass is 9.89. The molecule has 3 aliphatic heterocycles. The molecule has 4 unspecified atom stereocenters. The van der Waals surface area contributed by atoms with Crippen LogP contribution in [0.15, 0.2) is 53.8 Å². The van der Waals surface area contributed by atoms with Crippen LogP contribution in [0.5, 0.6) is 0 Å². The maximum absolute atomic E-state index is 15.2. The summed E-state index contributed by atoms with van der Waals surface area (Å²) in [6.07, 6.45) is 0.0321. The highest BCUT2D eigenvalue weighted by Crippen LogP contribution is 2.32. The number of piperazine rings is 1. The minimum Gasteiger partial charge on any atom is -0.445 e. The minimum absolute atomic E-state index is 0.110. The van der Waals surface area contributed by atoms with Crippen molar-refractivity contribution >= 4 is 11.8 Å². The second kappa shape index (κ2) is 14.2. The molecule has 0 bridgehead atoms. The highest BCUT2D eigenvalue weighted by atomic mass is 19.1. The molecule has 3 heterocycles. The first-order valence-corrected chi connectivity index (χ1v) is 14.8. The molecule has 3 fully saturated rings. The van der Waals surface area contributed by atoms with Crippen molar-refractivity contribution in [1.29, 1.82) is 0 Å². The highest BCUT2D eigenvalue weighted by Gasteiger charge is 2.33. The lowest BCUT2D eigenvalue weighted by Gasteiger charge is -2.40.